The Kier molecular flexibility index (Phi) is 13.6. The molecule has 5 aromatic carbocycles. The first-order valence-corrected chi connectivity index (χ1v) is 22.3. The van der Waals surface area contributed by atoms with Crippen LogP contribution in [0, 0.1) is 12.1 Å². The molecule has 0 aliphatic rings. The fourth-order valence-corrected chi connectivity index (χ4v) is 7.81. The summed E-state index contributed by atoms with van der Waals surface area (Å²) in [6.07, 6.45) is 3.61. The van der Waals surface area contributed by atoms with Gasteiger partial charge in [-0.3, -0.25) is 4.98 Å². The van der Waals surface area contributed by atoms with E-state index in [2.05, 4.69) is 211 Å². The van der Waals surface area contributed by atoms with Crippen molar-refractivity contribution in [3.05, 3.63) is 162 Å². The molecule has 4 nitrogen and oxygen atoms in total. The van der Waals surface area contributed by atoms with Crippen LogP contribution in [-0.4, -0.2) is 15.0 Å². The van der Waals surface area contributed by atoms with E-state index in [9.17, 15) is 0 Å². The van der Waals surface area contributed by atoms with Crippen molar-refractivity contribution in [3.63, 3.8) is 0 Å². The summed E-state index contributed by atoms with van der Waals surface area (Å²) in [5.74, 6) is 0. The van der Waals surface area contributed by atoms with E-state index in [1.54, 1.807) is 6.33 Å². The molecule has 0 amide bonds. The van der Waals surface area contributed by atoms with Gasteiger partial charge in [0.1, 0.15) is 11.9 Å². The van der Waals surface area contributed by atoms with Gasteiger partial charge in [-0.1, -0.05) is 194 Å². The summed E-state index contributed by atoms with van der Waals surface area (Å²) in [7, 11) is 0. The van der Waals surface area contributed by atoms with E-state index >= 15 is 0 Å². The van der Waals surface area contributed by atoms with Crippen LogP contribution in [0.25, 0.3) is 66.7 Å². The maximum Gasteiger partial charge on any atom is 0.128 e. The largest absolute Gasteiger partial charge is 0.500 e. The first-order valence-electron chi connectivity index (χ1n) is 22.3. The zero-order chi connectivity index (χ0) is 45.7. The Morgan fingerprint density at radius 1 is 0.484 bits per heavy atom. The number of aromatic nitrogens is 3. The predicted molar refractivity (Wildman–Crippen MR) is 266 cm³/mol. The van der Waals surface area contributed by atoms with Crippen LogP contribution in [0.1, 0.15) is 132 Å². The van der Waals surface area contributed by atoms with Gasteiger partial charge in [0.2, 0.25) is 0 Å². The van der Waals surface area contributed by atoms with Crippen LogP contribution in [0.5, 0.6) is 0 Å². The van der Waals surface area contributed by atoms with Crippen LogP contribution in [0.3, 0.4) is 0 Å². The van der Waals surface area contributed by atoms with Gasteiger partial charge in [-0.2, -0.15) is 0 Å². The number of nitrogens with zero attached hydrogens (tertiary/aromatic N) is 3. The number of hydrogen-bond donors (Lipinski definition) is 0. The van der Waals surface area contributed by atoms with E-state index in [0.29, 0.717) is 0 Å². The van der Waals surface area contributed by atoms with Gasteiger partial charge >= 0.3 is 0 Å². The van der Waals surface area contributed by atoms with Crippen LogP contribution in [0.4, 0.5) is 0 Å². The van der Waals surface area contributed by atoms with Crippen molar-refractivity contribution in [2.45, 2.75) is 131 Å². The molecule has 0 bridgehead atoms. The van der Waals surface area contributed by atoms with Gasteiger partial charge in [0.15, 0.2) is 0 Å². The van der Waals surface area contributed by atoms with Crippen LogP contribution < -0.4 is 0 Å². The van der Waals surface area contributed by atoms with E-state index in [1.807, 2.05) is 30.5 Å². The fourth-order valence-electron chi connectivity index (χ4n) is 7.81. The Morgan fingerprint density at radius 2 is 1.12 bits per heavy atom. The number of rotatable bonds is 4. The van der Waals surface area contributed by atoms with Gasteiger partial charge in [-0.25, -0.2) is 4.98 Å². The molecule has 0 saturated carbocycles. The summed E-state index contributed by atoms with van der Waals surface area (Å²) >= 11 is 0. The summed E-state index contributed by atoms with van der Waals surface area (Å²) in [6, 6.07) is 45.6. The molecule has 1 radical (unpaired) electrons. The summed E-state index contributed by atoms with van der Waals surface area (Å²) in [5, 5.41) is 2.24. The molecule has 0 fully saturated rings. The predicted octanol–water partition coefficient (Wildman–Crippen LogP) is 16.2. The molecule has 3 aromatic heterocycles. The van der Waals surface area contributed by atoms with Crippen molar-refractivity contribution in [3.8, 4) is 44.8 Å². The molecular weight excluding hydrogens is 959 g/mol. The molecule has 0 aliphatic heterocycles. The van der Waals surface area contributed by atoms with Gasteiger partial charge in [0.05, 0.1) is 5.58 Å². The topological polar surface area (TPSA) is 51.8 Å². The number of furan rings is 1. The zero-order valence-electron chi connectivity index (χ0n) is 40.6. The van der Waals surface area contributed by atoms with E-state index in [1.165, 1.54) is 33.4 Å². The van der Waals surface area contributed by atoms with Crippen LogP contribution in [0.2, 0.25) is 0 Å². The minimum Gasteiger partial charge on any atom is -0.500 e. The van der Waals surface area contributed by atoms with E-state index in [-0.39, 0.29) is 47.2 Å². The Balaban J connectivity index is 0.000000336. The first-order chi connectivity index (χ1) is 29.4. The van der Waals surface area contributed by atoms with Gasteiger partial charge in [0.25, 0.3) is 0 Å². The van der Waals surface area contributed by atoms with Gasteiger partial charge in [-0.15, -0.1) is 53.6 Å². The summed E-state index contributed by atoms with van der Waals surface area (Å²) in [4.78, 5) is 13.8. The third-order valence-electron chi connectivity index (χ3n) is 11.9. The van der Waals surface area contributed by atoms with Crippen molar-refractivity contribution in [1.29, 1.82) is 0 Å². The van der Waals surface area contributed by atoms with Crippen molar-refractivity contribution < 1.29 is 24.5 Å². The normalized spacial score (nSPS) is 12.5. The molecule has 8 rings (SSSR count). The average Bonchev–Trinajstić information content (AvgIpc) is 3.62. The number of para-hydroxylation sites is 1. The van der Waals surface area contributed by atoms with Crippen molar-refractivity contribution in [1.82, 2.24) is 15.0 Å². The van der Waals surface area contributed by atoms with Crippen molar-refractivity contribution >= 4 is 21.9 Å². The molecular formula is C59H65IrN3O-2. The Labute approximate surface area is 396 Å². The quantitative estimate of drug-likeness (QED) is 0.165. The van der Waals surface area contributed by atoms with E-state index in [4.69, 9.17) is 9.40 Å². The SMILES string of the molecule is CC(C)(C)c1cc(-c2ccc(-c3cccc4c3oc3c(-c5cc(C(C)(C)C)ncn5)[c-]cc(C(C)(C)C)c34)cc2)cc(C(C)(C)C)c1.CC(C)(C)c1ccc(-c2[c-]cccc2)nc1.[Ir]. The molecule has 0 atom stereocenters. The Hall–Kier alpha value is -5.22. The second-order valence-electron chi connectivity index (χ2n) is 22.2. The molecule has 0 aliphatic carbocycles. The van der Waals surface area contributed by atoms with Gasteiger partial charge in [-0.05, 0) is 66.4 Å². The third-order valence-corrected chi connectivity index (χ3v) is 11.9. The zero-order valence-corrected chi connectivity index (χ0v) is 43.0. The maximum atomic E-state index is 6.91. The summed E-state index contributed by atoms with van der Waals surface area (Å²) in [5.41, 5.74) is 16.4. The first kappa shape index (κ1) is 48.2. The number of benzene rings is 5. The molecule has 5 heteroatoms. The van der Waals surface area contributed by atoms with E-state index in [0.717, 1.165) is 61.3 Å². The van der Waals surface area contributed by atoms with Gasteiger partial charge in [0, 0.05) is 48.4 Å². The molecule has 0 saturated heterocycles. The molecule has 333 valence electrons. The monoisotopic (exact) mass is 1020 g/mol. The fraction of sp³-hybridized carbons (Fsp3) is 0.339. The minimum absolute atomic E-state index is 0. The number of pyridine rings is 1. The standard InChI is InChI=1S/C44H49N2O.C15H16N.Ir/c1-41(2,3)30-22-29(23-31(24-30)42(4,5)6)27-16-18-28(19-17-27)32-14-13-15-34-38-35(43(7,8)9)21-20-33(40(38)47-39(32)34)36-25-37(44(10,11)12)46-26-45-36;1-15(2,3)13-9-10-14(16-11-13)12-7-5-4-6-8-12;/h13-19,21-26H,1-12H3;4-7,9-11H,1-3H3;/q2*-1;. The number of fused-ring (bicyclic) bond motifs is 3. The van der Waals surface area contributed by atoms with Crippen molar-refractivity contribution in [2.24, 2.45) is 0 Å². The Bertz CT molecular complexity index is 2840. The molecule has 64 heavy (non-hydrogen) atoms. The van der Waals surface area contributed by atoms with Crippen molar-refractivity contribution in [2.75, 3.05) is 0 Å². The maximum absolute atomic E-state index is 6.91. The minimum atomic E-state index is -0.0997. The number of hydrogen-bond acceptors (Lipinski definition) is 4. The van der Waals surface area contributed by atoms with Crippen LogP contribution in [-0.2, 0) is 47.2 Å². The second-order valence-corrected chi connectivity index (χ2v) is 22.2. The second kappa shape index (κ2) is 18.0. The Morgan fingerprint density at radius 3 is 1.67 bits per heavy atom. The van der Waals surface area contributed by atoms with Gasteiger partial charge < -0.3 is 9.40 Å². The van der Waals surface area contributed by atoms with E-state index < -0.39 is 0 Å². The summed E-state index contributed by atoms with van der Waals surface area (Å²) in [6.45, 7) is 33.6. The molecule has 0 unspecified atom stereocenters. The molecule has 8 aromatic rings. The molecule has 3 heterocycles. The smallest absolute Gasteiger partial charge is 0.128 e. The average molecular weight is 1020 g/mol. The van der Waals surface area contributed by atoms with Crippen LogP contribution >= 0.6 is 0 Å². The van der Waals surface area contributed by atoms with Crippen LogP contribution in [0.15, 0.2) is 126 Å². The third kappa shape index (κ3) is 10.5. The molecule has 0 N–H and O–H groups in total. The summed E-state index contributed by atoms with van der Waals surface area (Å²) < 4.78 is 6.91. The molecule has 0 spiro atoms.